The minimum absolute atomic E-state index is 0.00802. The van der Waals surface area contributed by atoms with Crippen molar-refractivity contribution < 1.29 is 50.2 Å². The van der Waals surface area contributed by atoms with Crippen LogP contribution in [0.5, 0.6) is 17.4 Å². The predicted molar refractivity (Wildman–Crippen MR) is 221 cm³/mol. The summed E-state index contributed by atoms with van der Waals surface area (Å²) in [6.07, 6.45) is 3.98. The number of benzene rings is 2. The standard InChI is InChI=1S/C41H42ClF3N6O8S2/c1-57-34-20-46-36(30-17-25(42)11-16-29(30)34)58-27-18-33-35(52)49-40(38(54)50-61(55,56)28-14-15-28)19-24(40)7-5-3-2-4-6-8-31(37(53)51(33)21-27)47-39-48-32(22-60-39)23-9-12-26(13-10-23)59-41(43,44)45/h5,7,9-13,16-17,20,22,24,27-28,31,33H,2-4,6,8,14-15,18-19,21H2,1H3,(H,47,48)(H,49,52)(H,50,54)/b7-5-/t24-,27-,31+,33+,40+/m1/s1. The van der Waals surface area contributed by atoms with Crippen LogP contribution in [0.2, 0.25) is 5.02 Å². The van der Waals surface area contributed by atoms with Crippen LogP contribution in [0, 0.1) is 5.92 Å². The quantitative estimate of drug-likeness (QED) is 0.144. The van der Waals surface area contributed by atoms with Gasteiger partial charge in [-0.2, -0.15) is 0 Å². The number of allylic oxidation sites excluding steroid dienone is 1. The maximum Gasteiger partial charge on any atom is 0.573 e. The molecule has 2 aliphatic heterocycles. The summed E-state index contributed by atoms with van der Waals surface area (Å²) < 4.78 is 82.2. The van der Waals surface area contributed by atoms with Crippen molar-refractivity contribution in [1.82, 2.24) is 24.9 Å². The second-order valence-electron chi connectivity index (χ2n) is 15.6. The Labute approximate surface area is 358 Å². The Hall–Kier alpha value is -5.14. The van der Waals surface area contributed by atoms with E-state index >= 15 is 0 Å². The molecule has 20 heteroatoms. The van der Waals surface area contributed by atoms with Crippen molar-refractivity contribution in [2.45, 2.75) is 93.1 Å². The average molecular weight is 903 g/mol. The summed E-state index contributed by atoms with van der Waals surface area (Å²) in [5.41, 5.74) is -0.557. The van der Waals surface area contributed by atoms with E-state index in [9.17, 15) is 36.0 Å². The van der Waals surface area contributed by atoms with E-state index in [4.69, 9.17) is 21.1 Å². The molecule has 0 radical (unpaired) electrons. The van der Waals surface area contributed by atoms with E-state index in [0.29, 0.717) is 70.0 Å². The van der Waals surface area contributed by atoms with Gasteiger partial charge in [-0.25, -0.2) is 18.4 Å². The molecule has 3 amide bonds. The number of thiazole rings is 1. The number of pyridine rings is 1. The number of hydrogen-bond acceptors (Lipinski definition) is 12. The number of carbonyl (C=O) groups excluding carboxylic acids is 3. The van der Waals surface area contributed by atoms with Crippen LogP contribution in [0.3, 0.4) is 0 Å². The fourth-order valence-corrected chi connectivity index (χ4v) is 10.2. The van der Waals surface area contributed by atoms with Gasteiger partial charge in [-0.3, -0.25) is 19.1 Å². The van der Waals surface area contributed by atoms with Crippen LogP contribution in [0.1, 0.15) is 57.8 Å². The number of ether oxygens (including phenoxy) is 3. The fraction of sp³-hybridized carbons (Fsp3) is 0.439. The van der Waals surface area contributed by atoms with Crippen molar-refractivity contribution in [2.24, 2.45) is 5.92 Å². The van der Waals surface area contributed by atoms with E-state index in [-0.39, 0.29) is 31.0 Å². The maximum absolute atomic E-state index is 14.8. The average Bonchev–Trinajstić information content (AvgIpc) is 4.10. The van der Waals surface area contributed by atoms with Gasteiger partial charge in [-0.05, 0) is 81.0 Å². The molecule has 2 aliphatic carbocycles. The number of amides is 3. The molecule has 5 atom stereocenters. The summed E-state index contributed by atoms with van der Waals surface area (Å²) in [5, 5.41) is 9.22. The van der Waals surface area contributed by atoms with Crippen LogP contribution in [-0.4, -0.2) is 90.0 Å². The normalized spacial score (nSPS) is 25.3. The number of alkyl halides is 3. The number of rotatable bonds is 10. The molecule has 61 heavy (non-hydrogen) atoms. The SMILES string of the molecule is COc1cnc(O[C@@H]2C[C@H]3C(=O)N[C@@]4(C(=O)NS(=O)(=O)C5CC5)C[C@H]4/C=C\CCCCC[C@H](Nc4nc(-c5ccc(OC(F)(F)F)cc5)cs4)C(=O)N3C2)c2cc(Cl)ccc12. The molecule has 2 aromatic heterocycles. The van der Waals surface area contributed by atoms with E-state index in [1.165, 1.54) is 53.8 Å². The first-order valence-electron chi connectivity index (χ1n) is 19.8. The van der Waals surface area contributed by atoms with Gasteiger partial charge < -0.3 is 29.7 Å². The molecule has 4 aromatic rings. The highest BCUT2D eigenvalue weighted by molar-refractivity contribution is 7.91. The van der Waals surface area contributed by atoms with Crippen molar-refractivity contribution in [2.75, 3.05) is 19.0 Å². The fourth-order valence-electron chi connectivity index (χ4n) is 7.88. The molecule has 0 spiro atoms. The molecule has 2 saturated carbocycles. The van der Waals surface area contributed by atoms with E-state index < -0.39 is 69.0 Å². The molecule has 4 aliphatic rings. The number of nitrogens with one attached hydrogen (secondary N) is 3. The number of anilines is 1. The highest BCUT2D eigenvalue weighted by atomic mass is 35.5. The van der Waals surface area contributed by atoms with Crippen molar-refractivity contribution in [3.8, 4) is 28.6 Å². The summed E-state index contributed by atoms with van der Waals surface area (Å²) in [6.45, 7) is -0.0427. The minimum atomic E-state index is -4.83. The van der Waals surface area contributed by atoms with Crippen LogP contribution in [0.4, 0.5) is 18.3 Å². The second-order valence-corrected chi connectivity index (χ2v) is 18.9. The number of fused-ring (bicyclic) bond motifs is 3. The molecule has 3 N–H and O–H groups in total. The first-order chi connectivity index (χ1) is 29.1. The zero-order valence-electron chi connectivity index (χ0n) is 32.7. The van der Waals surface area contributed by atoms with E-state index in [0.717, 1.165) is 12.8 Å². The molecule has 324 valence electrons. The third kappa shape index (κ3) is 9.52. The first kappa shape index (κ1) is 42.5. The molecule has 0 unspecified atom stereocenters. The number of aromatic nitrogens is 2. The van der Waals surface area contributed by atoms with E-state index in [1.54, 1.807) is 23.6 Å². The molecular formula is C41H42ClF3N6O8S2. The summed E-state index contributed by atoms with van der Waals surface area (Å²) in [5.74, 6) is -2.04. The molecule has 1 saturated heterocycles. The Morgan fingerprint density at radius 1 is 1.07 bits per heavy atom. The summed E-state index contributed by atoms with van der Waals surface area (Å²) in [6, 6.07) is 8.42. The van der Waals surface area contributed by atoms with E-state index in [2.05, 4.69) is 30.1 Å². The van der Waals surface area contributed by atoms with Gasteiger partial charge in [0.15, 0.2) is 5.13 Å². The monoisotopic (exact) mass is 902 g/mol. The topological polar surface area (TPSA) is 178 Å². The van der Waals surface area contributed by atoms with Crippen LogP contribution in [-0.2, 0) is 24.4 Å². The van der Waals surface area contributed by atoms with Gasteiger partial charge in [-0.1, -0.05) is 36.6 Å². The van der Waals surface area contributed by atoms with Gasteiger partial charge in [0.2, 0.25) is 27.7 Å². The van der Waals surface area contributed by atoms with Crippen LogP contribution in [0.15, 0.2) is 66.2 Å². The summed E-state index contributed by atoms with van der Waals surface area (Å²) in [7, 11) is -2.42. The highest BCUT2D eigenvalue weighted by Gasteiger charge is 2.62. The van der Waals surface area contributed by atoms with Crippen LogP contribution < -0.4 is 29.6 Å². The summed E-state index contributed by atoms with van der Waals surface area (Å²) in [4.78, 5) is 53.7. The third-order valence-electron chi connectivity index (χ3n) is 11.3. The Morgan fingerprint density at radius 2 is 1.85 bits per heavy atom. The molecule has 14 nitrogen and oxygen atoms in total. The third-order valence-corrected chi connectivity index (χ3v) is 14.1. The largest absolute Gasteiger partial charge is 0.573 e. The molecule has 0 bridgehead atoms. The number of methoxy groups -OCH3 is 1. The Balaban J connectivity index is 1.09. The van der Waals surface area contributed by atoms with Crippen molar-refractivity contribution in [3.05, 3.63) is 71.2 Å². The lowest BCUT2D eigenvalue weighted by atomic mass is 10.1. The lowest BCUT2D eigenvalue weighted by Crippen LogP contribution is -2.57. The van der Waals surface area contributed by atoms with Gasteiger partial charge in [0.05, 0.1) is 30.8 Å². The molecule has 8 rings (SSSR count). The van der Waals surface area contributed by atoms with Gasteiger partial charge in [-0.15, -0.1) is 24.5 Å². The maximum atomic E-state index is 14.8. The molecular weight excluding hydrogens is 861 g/mol. The zero-order valence-corrected chi connectivity index (χ0v) is 35.1. The predicted octanol–water partition coefficient (Wildman–Crippen LogP) is 6.75. The number of halogens is 4. The lowest BCUT2D eigenvalue weighted by molar-refractivity contribution is -0.274. The second kappa shape index (κ2) is 17.0. The van der Waals surface area contributed by atoms with Crippen molar-refractivity contribution in [1.29, 1.82) is 0 Å². The molecule has 4 heterocycles. The number of sulfonamides is 1. The zero-order chi connectivity index (χ0) is 43.1. The number of carbonyl (C=O) groups is 3. The van der Waals surface area contributed by atoms with Crippen LogP contribution >= 0.6 is 22.9 Å². The summed E-state index contributed by atoms with van der Waals surface area (Å²) >= 11 is 7.58. The van der Waals surface area contributed by atoms with Gasteiger partial charge in [0, 0.05) is 39.1 Å². The van der Waals surface area contributed by atoms with Crippen molar-refractivity contribution in [3.63, 3.8) is 0 Å². The Kier molecular flexibility index (Phi) is 11.8. The first-order valence-corrected chi connectivity index (χ1v) is 22.7. The molecule has 2 aromatic carbocycles. The van der Waals surface area contributed by atoms with Gasteiger partial charge in [0.25, 0.3) is 5.91 Å². The lowest BCUT2D eigenvalue weighted by Gasteiger charge is -2.29. The number of nitrogens with zero attached hydrogens (tertiary/aromatic N) is 3. The molecule has 3 fully saturated rings. The smallest absolute Gasteiger partial charge is 0.494 e. The van der Waals surface area contributed by atoms with Gasteiger partial charge in [0.1, 0.15) is 35.2 Å². The Bertz CT molecular complexity index is 2470. The van der Waals surface area contributed by atoms with E-state index in [1.807, 2.05) is 12.2 Å². The Morgan fingerprint density at radius 3 is 2.59 bits per heavy atom. The van der Waals surface area contributed by atoms with Crippen LogP contribution in [0.25, 0.3) is 22.0 Å². The number of hydrogen-bond donors (Lipinski definition) is 3. The minimum Gasteiger partial charge on any atom is -0.494 e. The van der Waals surface area contributed by atoms with Gasteiger partial charge >= 0.3 is 6.36 Å². The van der Waals surface area contributed by atoms with Crippen molar-refractivity contribution >= 4 is 66.6 Å². The highest BCUT2D eigenvalue weighted by Crippen LogP contribution is 2.46.